The summed E-state index contributed by atoms with van der Waals surface area (Å²) in [5, 5.41) is 11.5. The molecule has 0 atom stereocenters. The van der Waals surface area contributed by atoms with Crippen LogP contribution in [0.4, 0.5) is 5.69 Å². The Kier molecular flexibility index (Phi) is 4.98. The Labute approximate surface area is 141 Å². The van der Waals surface area contributed by atoms with Crippen molar-refractivity contribution in [3.05, 3.63) is 35.9 Å². The number of fused-ring (bicyclic) bond motifs is 1. The van der Waals surface area contributed by atoms with Crippen molar-refractivity contribution in [3.63, 3.8) is 0 Å². The molecule has 1 aromatic heterocycles. The fourth-order valence-corrected chi connectivity index (χ4v) is 2.72. The standard InChI is InChI=1S/C17H24N6O/c1-12(2)24-14-8-6-13(7-9-14)20-17(18)19-11-16-22-21-15-5-3-4-10-23(15)16/h6-9,12H,3-5,10-11H2,1-2H3,(H3,18,19,20). The maximum absolute atomic E-state index is 5.97. The van der Waals surface area contributed by atoms with Gasteiger partial charge in [-0.3, -0.25) is 0 Å². The lowest BCUT2D eigenvalue weighted by atomic mass is 10.2. The second-order valence-corrected chi connectivity index (χ2v) is 6.16. The number of ether oxygens (including phenoxy) is 1. The highest BCUT2D eigenvalue weighted by molar-refractivity contribution is 5.92. The predicted molar refractivity (Wildman–Crippen MR) is 94.1 cm³/mol. The van der Waals surface area contributed by atoms with E-state index in [4.69, 9.17) is 10.5 Å². The second-order valence-electron chi connectivity index (χ2n) is 6.16. The van der Waals surface area contributed by atoms with Crippen molar-refractivity contribution < 1.29 is 4.74 Å². The summed E-state index contributed by atoms with van der Waals surface area (Å²) in [5.74, 6) is 3.12. The monoisotopic (exact) mass is 328 g/mol. The zero-order chi connectivity index (χ0) is 16.9. The van der Waals surface area contributed by atoms with Crippen LogP contribution in [0.2, 0.25) is 0 Å². The summed E-state index contributed by atoms with van der Waals surface area (Å²) in [5.41, 5.74) is 6.84. The zero-order valence-electron chi connectivity index (χ0n) is 14.2. The molecule has 7 nitrogen and oxygen atoms in total. The molecule has 0 radical (unpaired) electrons. The third kappa shape index (κ3) is 4.04. The number of rotatable bonds is 5. The van der Waals surface area contributed by atoms with Crippen molar-refractivity contribution in [2.24, 2.45) is 10.7 Å². The van der Waals surface area contributed by atoms with E-state index in [9.17, 15) is 0 Å². The highest BCUT2D eigenvalue weighted by atomic mass is 16.5. The molecule has 1 aliphatic heterocycles. The predicted octanol–water partition coefficient (Wildman–Crippen LogP) is 2.33. The first-order valence-corrected chi connectivity index (χ1v) is 8.36. The minimum absolute atomic E-state index is 0.157. The molecule has 3 N–H and O–H groups in total. The maximum Gasteiger partial charge on any atom is 0.193 e. The molecule has 24 heavy (non-hydrogen) atoms. The van der Waals surface area contributed by atoms with Crippen LogP contribution < -0.4 is 15.8 Å². The second kappa shape index (κ2) is 7.33. The van der Waals surface area contributed by atoms with E-state index in [-0.39, 0.29) is 6.10 Å². The first-order valence-electron chi connectivity index (χ1n) is 8.36. The molecule has 2 aromatic rings. The summed E-state index contributed by atoms with van der Waals surface area (Å²) < 4.78 is 7.77. The van der Waals surface area contributed by atoms with Crippen LogP contribution in [0.5, 0.6) is 5.75 Å². The van der Waals surface area contributed by atoms with Gasteiger partial charge in [-0.2, -0.15) is 0 Å². The molecule has 0 bridgehead atoms. The van der Waals surface area contributed by atoms with Gasteiger partial charge in [-0.1, -0.05) is 0 Å². The summed E-state index contributed by atoms with van der Waals surface area (Å²) in [4.78, 5) is 4.37. The van der Waals surface area contributed by atoms with Gasteiger partial charge in [0.25, 0.3) is 0 Å². The van der Waals surface area contributed by atoms with Crippen LogP contribution in [0.3, 0.4) is 0 Å². The molecule has 2 heterocycles. The number of anilines is 1. The molecule has 0 saturated carbocycles. The van der Waals surface area contributed by atoms with Gasteiger partial charge in [-0.05, 0) is 51.0 Å². The van der Waals surface area contributed by atoms with Crippen molar-refractivity contribution in [1.82, 2.24) is 14.8 Å². The number of benzene rings is 1. The number of guanidine groups is 1. The summed E-state index contributed by atoms with van der Waals surface area (Å²) in [7, 11) is 0. The van der Waals surface area contributed by atoms with Crippen LogP contribution >= 0.6 is 0 Å². The minimum Gasteiger partial charge on any atom is -0.491 e. The zero-order valence-corrected chi connectivity index (χ0v) is 14.2. The molecule has 1 aromatic carbocycles. The van der Waals surface area contributed by atoms with E-state index in [0.717, 1.165) is 36.1 Å². The summed E-state index contributed by atoms with van der Waals surface area (Å²) in [6.07, 6.45) is 3.50. The van der Waals surface area contributed by atoms with Crippen LogP contribution in [-0.4, -0.2) is 26.8 Å². The Morgan fingerprint density at radius 1 is 1.29 bits per heavy atom. The van der Waals surface area contributed by atoms with Gasteiger partial charge in [0.2, 0.25) is 0 Å². The third-order valence-electron chi connectivity index (χ3n) is 3.83. The maximum atomic E-state index is 5.97. The van der Waals surface area contributed by atoms with E-state index in [1.807, 2.05) is 38.1 Å². The van der Waals surface area contributed by atoms with Crippen LogP contribution in [0.15, 0.2) is 29.3 Å². The van der Waals surface area contributed by atoms with Crippen molar-refractivity contribution in [1.29, 1.82) is 0 Å². The Morgan fingerprint density at radius 3 is 2.83 bits per heavy atom. The normalized spacial score (nSPS) is 14.5. The van der Waals surface area contributed by atoms with E-state index in [1.165, 1.54) is 12.8 Å². The van der Waals surface area contributed by atoms with Gasteiger partial charge in [0.15, 0.2) is 11.8 Å². The van der Waals surface area contributed by atoms with Gasteiger partial charge in [-0.25, -0.2) is 4.99 Å². The van der Waals surface area contributed by atoms with Crippen molar-refractivity contribution in [2.75, 3.05) is 5.32 Å². The lowest BCUT2D eigenvalue weighted by Crippen LogP contribution is -2.23. The first-order chi connectivity index (χ1) is 11.6. The number of aryl methyl sites for hydroxylation is 1. The smallest absolute Gasteiger partial charge is 0.193 e. The first kappa shape index (κ1) is 16.3. The van der Waals surface area contributed by atoms with E-state index in [0.29, 0.717) is 12.5 Å². The Balaban J connectivity index is 1.59. The highest BCUT2D eigenvalue weighted by Crippen LogP contribution is 2.17. The molecule has 0 unspecified atom stereocenters. The number of hydrogen-bond acceptors (Lipinski definition) is 4. The van der Waals surface area contributed by atoms with Crippen molar-refractivity contribution >= 4 is 11.6 Å². The molecule has 0 fully saturated rings. The van der Waals surface area contributed by atoms with Crippen molar-refractivity contribution in [3.8, 4) is 5.75 Å². The number of hydrogen-bond donors (Lipinski definition) is 2. The third-order valence-corrected chi connectivity index (χ3v) is 3.83. The lowest BCUT2D eigenvalue weighted by molar-refractivity contribution is 0.242. The summed E-state index contributed by atoms with van der Waals surface area (Å²) >= 11 is 0. The fourth-order valence-electron chi connectivity index (χ4n) is 2.72. The topological polar surface area (TPSA) is 90.3 Å². The highest BCUT2D eigenvalue weighted by Gasteiger charge is 2.15. The SMILES string of the molecule is CC(C)Oc1ccc(NC(N)=NCc2nnc3n2CCCC3)cc1. The molecule has 128 valence electrons. The molecular weight excluding hydrogens is 304 g/mol. The van der Waals surface area contributed by atoms with Gasteiger partial charge >= 0.3 is 0 Å². The Bertz CT molecular complexity index is 704. The number of aromatic nitrogens is 3. The van der Waals surface area contributed by atoms with Gasteiger partial charge in [0.1, 0.15) is 18.1 Å². The molecule has 0 amide bonds. The van der Waals surface area contributed by atoms with Crippen LogP contribution in [0.1, 0.15) is 38.3 Å². The Hall–Kier alpha value is -2.57. The lowest BCUT2D eigenvalue weighted by Gasteiger charge is -2.14. The fraction of sp³-hybridized carbons (Fsp3) is 0.471. The number of aliphatic imine (C=N–C) groups is 1. The molecule has 0 aliphatic carbocycles. The van der Waals surface area contributed by atoms with Gasteiger partial charge in [0.05, 0.1) is 6.10 Å². The van der Waals surface area contributed by atoms with Gasteiger partial charge in [0, 0.05) is 18.7 Å². The average Bonchev–Trinajstić information content (AvgIpc) is 2.98. The van der Waals surface area contributed by atoms with Crippen LogP contribution in [0, 0.1) is 0 Å². The molecule has 0 spiro atoms. The summed E-state index contributed by atoms with van der Waals surface area (Å²) in [6.45, 7) is 5.40. The Morgan fingerprint density at radius 2 is 2.08 bits per heavy atom. The molecule has 1 aliphatic rings. The van der Waals surface area contributed by atoms with Gasteiger partial charge in [-0.15, -0.1) is 10.2 Å². The number of nitrogens with two attached hydrogens (primary N) is 1. The average molecular weight is 328 g/mol. The van der Waals surface area contributed by atoms with E-state index in [2.05, 4.69) is 25.1 Å². The van der Waals surface area contributed by atoms with Crippen molar-refractivity contribution in [2.45, 2.75) is 52.3 Å². The molecular formula is C17H24N6O. The van der Waals surface area contributed by atoms with Crippen LogP contribution in [-0.2, 0) is 19.5 Å². The largest absolute Gasteiger partial charge is 0.491 e. The van der Waals surface area contributed by atoms with Gasteiger partial charge < -0.3 is 20.4 Å². The quantitative estimate of drug-likeness (QED) is 0.649. The van der Waals surface area contributed by atoms with E-state index >= 15 is 0 Å². The van der Waals surface area contributed by atoms with E-state index in [1.54, 1.807) is 0 Å². The number of nitrogens with one attached hydrogen (secondary N) is 1. The molecule has 3 rings (SSSR count). The molecule has 7 heteroatoms. The summed E-state index contributed by atoms with van der Waals surface area (Å²) in [6, 6.07) is 7.65. The minimum atomic E-state index is 0.157. The molecule has 0 saturated heterocycles. The number of nitrogens with zero attached hydrogens (tertiary/aromatic N) is 4. The van der Waals surface area contributed by atoms with Crippen LogP contribution in [0.25, 0.3) is 0 Å². The van der Waals surface area contributed by atoms with E-state index < -0.39 is 0 Å².